The van der Waals surface area contributed by atoms with E-state index in [-0.39, 0.29) is 6.54 Å². The van der Waals surface area contributed by atoms with Crippen molar-refractivity contribution < 1.29 is 4.39 Å². The van der Waals surface area contributed by atoms with Gasteiger partial charge in [0.25, 0.3) is 0 Å². The van der Waals surface area contributed by atoms with Crippen molar-refractivity contribution in [3.8, 4) is 0 Å². The molecule has 1 aromatic heterocycles. The van der Waals surface area contributed by atoms with Gasteiger partial charge >= 0.3 is 0 Å². The van der Waals surface area contributed by atoms with Crippen LogP contribution in [0.1, 0.15) is 16.7 Å². The highest BCUT2D eigenvalue weighted by Gasteiger charge is 2.06. The van der Waals surface area contributed by atoms with Crippen LogP contribution in [0.3, 0.4) is 0 Å². The molecule has 1 heterocycles. The summed E-state index contributed by atoms with van der Waals surface area (Å²) in [5.74, 6) is 0. The molecule has 12 heavy (non-hydrogen) atoms. The molecule has 3 heteroatoms. The molecule has 0 saturated carbocycles. The van der Waals surface area contributed by atoms with Gasteiger partial charge in [0.1, 0.15) is 6.17 Å². The molecule has 0 saturated heterocycles. The first-order valence-corrected chi connectivity index (χ1v) is 4.99. The molecular weight excluding hydrogens is 173 g/mol. The van der Waals surface area contributed by atoms with Crippen LogP contribution in [0.5, 0.6) is 0 Å². The monoisotopic (exact) mass is 187 g/mol. The van der Waals surface area contributed by atoms with E-state index in [1.165, 1.54) is 4.88 Å². The quantitative estimate of drug-likeness (QED) is 0.768. The molecule has 1 aromatic rings. The number of hydrogen-bond donors (Lipinski definition) is 1. The van der Waals surface area contributed by atoms with Crippen molar-refractivity contribution >= 4 is 11.3 Å². The number of aryl methyl sites for hydroxylation is 1. The lowest BCUT2D eigenvalue weighted by molar-refractivity contribution is 0.342. The Bertz CT molecular complexity index is 234. The molecule has 1 nitrogen and oxygen atoms in total. The molecule has 0 aliphatic heterocycles. The van der Waals surface area contributed by atoms with Gasteiger partial charge in [-0.1, -0.05) is 6.92 Å². The fourth-order valence-electron chi connectivity index (χ4n) is 1.02. The van der Waals surface area contributed by atoms with Crippen molar-refractivity contribution in [3.63, 3.8) is 0 Å². The lowest BCUT2D eigenvalue weighted by Crippen LogP contribution is -2.16. The summed E-state index contributed by atoms with van der Waals surface area (Å²) >= 11 is 1.68. The molecular formula is C9H14FNS. The summed E-state index contributed by atoms with van der Waals surface area (Å²) in [5.41, 5.74) is 5.19. The summed E-state index contributed by atoms with van der Waals surface area (Å²) in [6.45, 7) is 2.23. The molecule has 0 fully saturated rings. The highest BCUT2D eigenvalue weighted by Crippen LogP contribution is 2.18. The van der Waals surface area contributed by atoms with Gasteiger partial charge in [-0.2, -0.15) is 0 Å². The fraction of sp³-hybridized carbons (Fsp3) is 0.556. The third-order valence-corrected chi connectivity index (χ3v) is 3.00. The number of nitrogens with two attached hydrogens (primary N) is 1. The zero-order valence-corrected chi connectivity index (χ0v) is 8.03. The Labute approximate surface area is 76.4 Å². The second-order valence-corrected chi connectivity index (χ2v) is 4.01. The van der Waals surface area contributed by atoms with E-state index in [0.717, 1.165) is 11.3 Å². The maximum Gasteiger partial charge on any atom is 0.117 e. The van der Waals surface area contributed by atoms with E-state index in [1.807, 2.05) is 6.07 Å². The summed E-state index contributed by atoms with van der Waals surface area (Å²) in [6, 6.07) is 4.05. The van der Waals surface area contributed by atoms with Crippen LogP contribution in [-0.2, 0) is 12.8 Å². The molecule has 0 bridgehead atoms. The molecule has 1 rings (SSSR count). The lowest BCUT2D eigenvalue weighted by Gasteiger charge is -2.00. The summed E-state index contributed by atoms with van der Waals surface area (Å²) in [4.78, 5) is 2.42. The van der Waals surface area contributed by atoms with Gasteiger partial charge < -0.3 is 5.73 Å². The zero-order valence-electron chi connectivity index (χ0n) is 7.22. The SMILES string of the molecule is CCc1ccc(CC(F)CN)s1. The van der Waals surface area contributed by atoms with Crippen LogP contribution in [0, 0.1) is 0 Å². The first-order valence-electron chi connectivity index (χ1n) is 4.18. The molecule has 0 radical (unpaired) electrons. The summed E-state index contributed by atoms with van der Waals surface area (Å²) in [7, 11) is 0. The van der Waals surface area contributed by atoms with Crippen molar-refractivity contribution in [1.29, 1.82) is 0 Å². The molecule has 0 aromatic carbocycles. The van der Waals surface area contributed by atoms with E-state index >= 15 is 0 Å². The molecule has 1 unspecified atom stereocenters. The Kier molecular flexibility index (Phi) is 3.69. The van der Waals surface area contributed by atoms with Crippen LogP contribution in [0.4, 0.5) is 4.39 Å². The minimum absolute atomic E-state index is 0.124. The van der Waals surface area contributed by atoms with Crippen molar-refractivity contribution in [2.24, 2.45) is 5.73 Å². The molecule has 68 valence electrons. The summed E-state index contributed by atoms with van der Waals surface area (Å²) in [5, 5.41) is 0. The minimum Gasteiger partial charge on any atom is -0.328 e. The van der Waals surface area contributed by atoms with Crippen LogP contribution in [0.2, 0.25) is 0 Å². The zero-order chi connectivity index (χ0) is 8.97. The van der Waals surface area contributed by atoms with Gasteiger partial charge in [0.05, 0.1) is 0 Å². The average Bonchev–Trinajstić information content (AvgIpc) is 2.52. The number of rotatable bonds is 4. The third kappa shape index (κ3) is 2.57. The number of hydrogen-bond acceptors (Lipinski definition) is 2. The smallest absolute Gasteiger partial charge is 0.117 e. The third-order valence-electron chi connectivity index (χ3n) is 1.74. The highest BCUT2D eigenvalue weighted by molar-refractivity contribution is 7.11. The topological polar surface area (TPSA) is 26.0 Å². The second kappa shape index (κ2) is 4.58. The van der Waals surface area contributed by atoms with Gasteiger partial charge in [-0.25, -0.2) is 4.39 Å². The van der Waals surface area contributed by atoms with Gasteiger partial charge in [0.15, 0.2) is 0 Å². The maximum absolute atomic E-state index is 12.8. The van der Waals surface area contributed by atoms with Crippen LogP contribution in [0.15, 0.2) is 12.1 Å². The predicted octanol–water partition coefficient (Wildman–Crippen LogP) is 2.15. The molecule has 2 N–H and O–H groups in total. The van der Waals surface area contributed by atoms with Crippen molar-refractivity contribution in [3.05, 3.63) is 21.9 Å². The van der Waals surface area contributed by atoms with Crippen LogP contribution in [0.25, 0.3) is 0 Å². The van der Waals surface area contributed by atoms with Gasteiger partial charge in [-0.05, 0) is 18.6 Å². The van der Waals surface area contributed by atoms with Gasteiger partial charge in [-0.3, -0.25) is 0 Å². The molecule has 0 aliphatic rings. The first kappa shape index (κ1) is 9.68. The largest absolute Gasteiger partial charge is 0.328 e. The van der Waals surface area contributed by atoms with Gasteiger partial charge in [0, 0.05) is 22.7 Å². The lowest BCUT2D eigenvalue weighted by atomic mass is 10.2. The average molecular weight is 187 g/mol. The van der Waals surface area contributed by atoms with E-state index in [0.29, 0.717) is 6.42 Å². The van der Waals surface area contributed by atoms with Crippen LogP contribution in [-0.4, -0.2) is 12.7 Å². The number of alkyl halides is 1. The Hall–Kier alpha value is -0.410. The Morgan fingerprint density at radius 2 is 2.17 bits per heavy atom. The summed E-state index contributed by atoms with van der Waals surface area (Å²) < 4.78 is 12.8. The normalized spacial score (nSPS) is 13.2. The van der Waals surface area contributed by atoms with Crippen molar-refractivity contribution in [2.75, 3.05) is 6.54 Å². The maximum atomic E-state index is 12.8. The second-order valence-electron chi connectivity index (χ2n) is 2.76. The molecule has 0 aliphatic carbocycles. The van der Waals surface area contributed by atoms with Crippen LogP contribution < -0.4 is 5.73 Å². The van der Waals surface area contributed by atoms with Crippen molar-refractivity contribution in [1.82, 2.24) is 0 Å². The Balaban J connectivity index is 2.52. The van der Waals surface area contributed by atoms with Crippen molar-refractivity contribution in [2.45, 2.75) is 25.9 Å². The van der Waals surface area contributed by atoms with E-state index < -0.39 is 6.17 Å². The predicted molar refractivity (Wildman–Crippen MR) is 51.4 cm³/mol. The fourth-order valence-corrected chi connectivity index (χ4v) is 2.04. The number of thiophene rings is 1. The summed E-state index contributed by atoms with van der Waals surface area (Å²) in [6.07, 6.45) is 0.624. The van der Waals surface area contributed by atoms with Gasteiger partial charge in [-0.15, -0.1) is 11.3 Å². The molecule has 0 spiro atoms. The highest BCUT2D eigenvalue weighted by atomic mass is 32.1. The van der Waals surface area contributed by atoms with E-state index in [2.05, 4.69) is 13.0 Å². The van der Waals surface area contributed by atoms with Crippen LogP contribution >= 0.6 is 11.3 Å². The Morgan fingerprint density at radius 3 is 2.67 bits per heavy atom. The number of halogens is 1. The molecule has 1 atom stereocenters. The Morgan fingerprint density at radius 1 is 1.50 bits per heavy atom. The minimum atomic E-state index is -0.881. The van der Waals surface area contributed by atoms with E-state index in [1.54, 1.807) is 11.3 Å². The van der Waals surface area contributed by atoms with E-state index in [4.69, 9.17) is 5.73 Å². The van der Waals surface area contributed by atoms with E-state index in [9.17, 15) is 4.39 Å². The standard InChI is InChI=1S/C9H14FNS/c1-2-8-3-4-9(12-8)5-7(10)6-11/h3-4,7H,2,5-6,11H2,1H3. The first-order chi connectivity index (χ1) is 5.76. The van der Waals surface area contributed by atoms with Gasteiger partial charge in [0.2, 0.25) is 0 Å². The molecule has 0 amide bonds.